The summed E-state index contributed by atoms with van der Waals surface area (Å²) in [6.07, 6.45) is 6.33. The molecule has 0 fully saturated rings. The lowest BCUT2D eigenvalue weighted by Crippen LogP contribution is -2.45. The molecule has 1 aliphatic rings. The molecule has 16 heavy (non-hydrogen) atoms. The second kappa shape index (κ2) is 7.41. The highest BCUT2D eigenvalue weighted by molar-refractivity contribution is 5.76. The van der Waals surface area contributed by atoms with Crippen molar-refractivity contribution in [2.45, 2.75) is 44.8 Å². The predicted octanol–water partition coefficient (Wildman–Crippen LogP) is 0.999. The van der Waals surface area contributed by atoms with Crippen molar-refractivity contribution in [1.29, 1.82) is 0 Å². The molecule has 0 aliphatic carbocycles. The third-order valence-corrected chi connectivity index (χ3v) is 2.63. The van der Waals surface area contributed by atoms with E-state index in [1.165, 1.54) is 0 Å². The molecular weight excluding hydrogens is 206 g/mol. The number of aliphatic hydroxyl groups excluding tert-OH is 1. The molecule has 1 aliphatic heterocycles. The number of hydrogen-bond acceptors (Lipinski definition) is 3. The van der Waals surface area contributed by atoms with Gasteiger partial charge < -0.3 is 15.2 Å². The molecule has 0 bridgehead atoms. The molecule has 0 saturated heterocycles. The average Bonchev–Trinajstić information content (AvgIpc) is 2.26. The van der Waals surface area contributed by atoms with Crippen LogP contribution in [0.2, 0.25) is 0 Å². The van der Waals surface area contributed by atoms with Gasteiger partial charge in [0.25, 0.3) is 0 Å². The van der Waals surface area contributed by atoms with Gasteiger partial charge in [-0.05, 0) is 12.8 Å². The van der Waals surface area contributed by atoms with E-state index in [4.69, 9.17) is 4.74 Å². The zero-order valence-electron chi connectivity index (χ0n) is 9.82. The molecule has 2 atom stereocenters. The second-order valence-corrected chi connectivity index (χ2v) is 4.09. The summed E-state index contributed by atoms with van der Waals surface area (Å²) in [5.41, 5.74) is 0. The SMILES string of the molecule is CCCCC(=O)NC1CC=CCOC[C@H]1O. The van der Waals surface area contributed by atoms with E-state index in [0.29, 0.717) is 19.4 Å². The minimum atomic E-state index is -0.615. The fourth-order valence-corrected chi connectivity index (χ4v) is 1.61. The van der Waals surface area contributed by atoms with Crippen LogP contribution >= 0.6 is 0 Å². The summed E-state index contributed by atoms with van der Waals surface area (Å²) < 4.78 is 5.19. The van der Waals surface area contributed by atoms with E-state index in [1.54, 1.807) is 0 Å². The van der Waals surface area contributed by atoms with Gasteiger partial charge in [-0.15, -0.1) is 0 Å². The maximum atomic E-state index is 11.5. The van der Waals surface area contributed by atoms with Crippen LogP contribution < -0.4 is 5.32 Å². The zero-order chi connectivity index (χ0) is 11.8. The first kappa shape index (κ1) is 13.2. The Bertz CT molecular complexity index is 240. The molecule has 2 N–H and O–H groups in total. The van der Waals surface area contributed by atoms with Crippen LogP contribution in [0.1, 0.15) is 32.6 Å². The third-order valence-electron chi connectivity index (χ3n) is 2.63. The summed E-state index contributed by atoms with van der Waals surface area (Å²) in [4.78, 5) is 11.5. The van der Waals surface area contributed by atoms with Crippen LogP contribution in [0.3, 0.4) is 0 Å². The van der Waals surface area contributed by atoms with E-state index in [-0.39, 0.29) is 18.6 Å². The van der Waals surface area contributed by atoms with Crippen LogP contribution in [0.4, 0.5) is 0 Å². The molecule has 0 aromatic heterocycles. The van der Waals surface area contributed by atoms with Gasteiger partial charge in [-0.2, -0.15) is 0 Å². The monoisotopic (exact) mass is 227 g/mol. The number of unbranched alkanes of at least 4 members (excludes halogenated alkanes) is 1. The smallest absolute Gasteiger partial charge is 0.220 e. The highest BCUT2D eigenvalue weighted by atomic mass is 16.5. The van der Waals surface area contributed by atoms with Crippen molar-refractivity contribution in [3.8, 4) is 0 Å². The van der Waals surface area contributed by atoms with Crippen LogP contribution in [0.25, 0.3) is 0 Å². The Morgan fingerprint density at radius 2 is 2.38 bits per heavy atom. The zero-order valence-corrected chi connectivity index (χ0v) is 9.82. The summed E-state index contributed by atoms with van der Waals surface area (Å²) in [6.45, 7) is 2.87. The first-order valence-corrected chi connectivity index (χ1v) is 5.94. The van der Waals surface area contributed by atoms with E-state index in [1.807, 2.05) is 12.2 Å². The van der Waals surface area contributed by atoms with Gasteiger partial charge in [0.15, 0.2) is 0 Å². The molecule has 0 aromatic rings. The number of aliphatic hydroxyl groups is 1. The Morgan fingerprint density at radius 1 is 1.56 bits per heavy atom. The Labute approximate surface area is 96.7 Å². The molecule has 0 radical (unpaired) electrons. The molecular formula is C12H21NO3. The average molecular weight is 227 g/mol. The maximum absolute atomic E-state index is 11.5. The summed E-state index contributed by atoms with van der Waals surface area (Å²) in [5.74, 6) is 0.0138. The molecule has 1 amide bonds. The fourth-order valence-electron chi connectivity index (χ4n) is 1.61. The number of rotatable bonds is 4. The Hall–Kier alpha value is -0.870. The second-order valence-electron chi connectivity index (χ2n) is 4.09. The van der Waals surface area contributed by atoms with Crippen LogP contribution in [-0.4, -0.2) is 36.4 Å². The van der Waals surface area contributed by atoms with Gasteiger partial charge in [-0.25, -0.2) is 0 Å². The number of nitrogens with one attached hydrogen (secondary N) is 1. The summed E-state index contributed by atoms with van der Waals surface area (Å²) >= 11 is 0. The number of amides is 1. The molecule has 1 unspecified atom stereocenters. The van der Waals surface area contributed by atoms with Crippen LogP contribution in [0, 0.1) is 0 Å². The van der Waals surface area contributed by atoms with Crippen molar-refractivity contribution in [1.82, 2.24) is 5.32 Å². The van der Waals surface area contributed by atoms with Crippen molar-refractivity contribution in [3.63, 3.8) is 0 Å². The van der Waals surface area contributed by atoms with E-state index >= 15 is 0 Å². The van der Waals surface area contributed by atoms with E-state index in [0.717, 1.165) is 12.8 Å². The van der Waals surface area contributed by atoms with Gasteiger partial charge in [0.1, 0.15) is 0 Å². The molecule has 0 aromatic carbocycles. The van der Waals surface area contributed by atoms with Crippen molar-refractivity contribution in [3.05, 3.63) is 12.2 Å². The molecule has 1 rings (SSSR count). The van der Waals surface area contributed by atoms with Crippen LogP contribution in [0.5, 0.6) is 0 Å². The van der Waals surface area contributed by atoms with E-state index in [2.05, 4.69) is 12.2 Å². The summed E-state index contributed by atoms with van der Waals surface area (Å²) in [7, 11) is 0. The molecule has 0 spiro atoms. The topological polar surface area (TPSA) is 58.6 Å². The van der Waals surface area contributed by atoms with Crippen molar-refractivity contribution in [2.75, 3.05) is 13.2 Å². The summed E-state index contributed by atoms with van der Waals surface area (Å²) in [5, 5.41) is 12.6. The fraction of sp³-hybridized carbons (Fsp3) is 0.750. The minimum Gasteiger partial charge on any atom is -0.389 e. The van der Waals surface area contributed by atoms with Crippen molar-refractivity contribution in [2.24, 2.45) is 0 Å². The number of carbonyl (C=O) groups excluding carboxylic acids is 1. The Balaban J connectivity index is 2.39. The van der Waals surface area contributed by atoms with Gasteiger partial charge in [0.05, 0.1) is 25.4 Å². The van der Waals surface area contributed by atoms with Crippen LogP contribution in [0.15, 0.2) is 12.2 Å². The molecule has 1 heterocycles. The highest BCUT2D eigenvalue weighted by Crippen LogP contribution is 2.06. The van der Waals surface area contributed by atoms with Gasteiger partial charge in [-0.3, -0.25) is 4.79 Å². The lowest BCUT2D eigenvalue weighted by molar-refractivity contribution is -0.123. The number of carbonyl (C=O) groups is 1. The largest absolute Gasteiger partial charge is 0.389 e. The first-order chi connectivity index (χ1) is 7.74. The molecule has 4 nitrogen and oxygen atoms in total. The van der Waals surface area contributed by atoms with Crippen molar-refractivity contribution >= 4 is 5.91 Å². The third kappa shape index (κ3) is 4.77. The van der Waals surface area contributed by atoms with E-state index in [9.17, 15) is 9.90 Å². The number of ether oxygens (including phenoxy) is 1. The molecule has 0 saturated carbocycles. The summed E-state index contributed by atoms with van der Waals surface area (Å²) in [6, 6.07) is -0.221. The number of hydrogen-bond donors (Lipinski definition) is 2. The quantitative estimate of drug-likeness (QED) is 0.704. The van der Waals surface area contributed by atoms with Gasteiger partial charge in [0, 0.05) is 6.42 Å². The Kier molecular flexibility index (Phi) is 6.11. The van der Waals surface area contributed by atoms with Crippen LogP contribution in [-0.2, 0) is 9.53 Å². The highest BCUT2D eigenvalue weighted by Gasteiger charge is 2.20. The Morgan fingerprint density at radius 3 is 3.12 bits per heavy atom. The standard InChI is InChI=1S/C12H21NO3/c1-2-3-7-12(15)13-10-6-4-5-8-16-9-11(10)14/h4-5,10-11,14H,2-3,6-9H2,1H3,(H,13,15)/t10?,11-/m1/s1. The van der Waals surface area contributed by atoms with Crippen molar-refractivity contribution < 1.29 is 14.6 Å². The molecule has 4 heteroatoms. The predicted molar refractivity (Wildman–Crippen MR) is 62.0 cm³/mol. The molecule has 92 valence electrons. The van der Waals surface area contributed by atoms with E-state index < -0.39 is 6.10 Å². The lowest BCUT2D eigenvalue weighted by Gasteiger charge is -2.24. The van der Waals surface area contributed by atoms with Gasteiger partial charge in [-0.1, -0.05) is 25.5 Å². The minimum absolute atomic E-state index is 0.0138. The maximum Gasteiger partial charge on any atom is 0.220 e. The van der Waals surface area contributed by atoms with Gasteiger partial charge >= 0.3 is 0 Å². The normalized spacial score (nSPS) is 25.9. The lowest BCUT2D eigenvalue weighted by atomic mass is 10.1. The first-order valence-electron chi connectivity index (χ1n) is 5.94. The van der Waals surface area contributed by atoms with Gasteiger partial charge in [0.2, 0.25) is 5.91 Å².